The number of nitrogens with one attached hydrogen (secondary N) is 2. The van der Waals surface area contributed by atoms with E-state index in [0.29, 0.717) is 17.3 Å². The Hall–Kier alpha value is -3.55. The molecule has 0 aliphatic carbocycles. The zero-order valence-corrected chi connectivity index (χ0v) is 13.1. The third-order valence-corrected chi connectivity index (χ3v) is 3.96. The van der Waals surface area contributed by atoms with Crippen LogP contribution in [0, 0.1) is 0 Å². The summed E-state index contributed by atoms with van der Waals surface area (Å²) in [4.78, 5) is 32.7. The Bertz CT molecular complexity index is 937. The maximum atomic E-state index is 12.6. The lowest BCUT2D eigenvalue weighted by Gasteiger charge is -2.24. The molecule has 1 aliphatic rings. The monoisotopic (exact) mass is 334 g/mol. The van der Waals surface area contributed by atoms with Crippen molar-refractivity contribution in [2.75, 3.05) is 11.9 Å². The van der Waals surface area contributed by atoms with Crippen LogP contribution in [0.2, 0.25) is 0 Å². The van der Waals surface area contributed by atoms with Gasteiger partial charge in [-0.3, -0.25) is 9.59 Å². The Morgan fingerprint density at radius 2 is 1.96 bits per heavy atom. The molecule has 1 aromatic carbocycles. The van der Waals surface area contributed by atoms with Crippen molar-refractivity contribution in [2.45, 2.75) is 5.92 Å². The van der Waals surface area contributed by atoms with Crippen molar-refractivity contribution in [3.63, 3.8) is 0 Å². The van der Waals surface area contributed by atoms with Crippen LogP contribution in [-0.4, -0.2) is 38.1 Å². The Kier molecular flexibility index (Phi) is 3.70. The van der Waals surface area contributed by atoms with Gasteiger partial charge in [0.1, 0.15) is 0 Å². The third kappa shape index (κ3) is 2.85. The summed E-state index contributed by atoms with van der Waals surface area (Å²) in [6.07, 6.45) is 4.90. The van der Waals surface area contributed by atoms with Gasteiger partial charge < -0.3 is 10.6 Å². The molecule has 0 bridgehead atoms. The molecule has 2 N–H and O–H groups in total. The van der Waals surface area contributed by atoms with Crippen LogP contribution in [0.25, 0.3) is 5.95 Å². The predicted molar refractivity (Wildman–Crippen MR) is 89.3 cm³/mol. The summed E-state index contributed by atoms with van der Waals surface area (Å²) in [7, 11) is 0. The fourth-order valence-electron chi connectivity index (χ4n) is 2.77. The van der Waals surface area contributed by atoms with E-state index in [-0.39, 0.29) is 18.4 Å². The molecule has 1 aliphatic heterocycles. The summed E-state index contributed by atoms with van der Waals surface area (Å²) in [6.45, 7) is 0.254. The van der Waals surface area contributed by atoms with Crippen molar-refractivity contribution < 1.29 is 9.59 Å². The highest BCUT2D eigenvalue weighted by Gasteiger charge is 2.30. The van der Waals surface area contributed by atoms with Gasteiger partial charge in [-0.2, -0.15) is 0 Å². The highest BCUT2D eigenvalue weighted by molar-refractivity contribution is 6.03. The van der Waals surface area contributed by atoms with Crippen molar-refractivity contribution in [1.29, 1.82) is 0 Å². The molecule has 25 heavy (non-hydrogen) atoms. The lowest BCUT2D eigenvalue weighted by Crippen LogP contribution is -2.40. The Morgan fingerprint density at radius 1 is 1.16 bits per heavy atom. The molecule has 0 saturated heterocycles. The smallest absolute Gasteiger partial charge is 0.251 e. The lowest BCUT2D eigenvalue weighted by molar-refractivity contribution is -0.117. The van der Waals surface area contributed by atoms with Crippen molar-refractivity contribution in [3.05, 3.63) is 66.1 Å². The van der Waals surface area contributed by atoms with Gasteiger partial charge in [0.15, 0.2) is 5.82 Å². The standard InChI is InChI=1S/C17H14N6O2/c24-15-12-5-2-1-4-11(12)13(10-20-15)16(25)21-14-6-9-23(22-14)17-18-7-3-8-19-17/h1-9,13H,10H2,(H,20,24)(H,21,22,25). The van der Waals surface area contributed by atoms with Crippen molar-refractivity contribution in [1.82, 2.24) is 25.1 Å². The second-order valence-corrected chi connectivity index (χ2v) is 5.53. The van der Waals surface area contributed by atoms with E-state index in [9.17, 15) is 9.59 Å². The van der Waals surface area contributed by atoms with Gasteiger partial charge in [-0.15, -0.1) is 5.10 Å². The molecule has 0 saturated carbocycles. The quantitative estimate of drug-likeness (QED) is 0.747. The van der Waals surface area contributed by atoms with Crippen LogP contribution in [0.1, 0.15) is 21.8 Å². The Labute approximate surface area is 142 Å². The van der Waals surface area contributed by atoms with Crippen LogP contribution in [0.3, 0.4) is 0 Å². The maximum Gasteiger partial charge on any atom is 0.251 e. The number of nitrogens with zero attached hydrogens (tertiary/aromatic N) is 4. The minimum atomic E-state index is -0.466. The summed E-state index contributed by atoms with van der Waals surface area (Å²) < 4.78 is 1.48. The molecule has 3 heterocycles. The maximum absolute atomic E-state index is 12.6. The van der Waals surface area contributed by atoms with E-state index < -0.39 is 5.92 Å². The molecule has 0 radical (unpaired) electrons. The van der Waals surface area contributed by atoms with Crippen LogP contribution in [0.5, 0.6) is 0 Å². The first-order chi connectivity index (χ1) is 12.2. The van der Waals surface area contributed by atoms with Crippen molar-refractivity contribution in [3.8, 4) is 5.95 Å². The van der Waals surface area contributed by atoms with Gasteiger partial charge in [0.05, 0.1) is 5.92 Å². The molecular weight excluding hydrogens is 320 g/mol. The molecule has 0 spiro atoms. The molecule has 2 amide bonds. The van der Waals surface area contributed by atoms with Crippen LogP contribution in [0.4, 0.5) is 5.82 Å². The first-order valence-electron chi connectivity index (χ1n) is 7.73. The van der Waals surface area contributed by atoms with E-state index in [4.69, 9.17) is 0 Å². The predicted octanol–water partition coefficient (Wildman–Crippen LogP) is 1.13. The van der Waals surface area contributed by atoms with E-state index in [1.54, 1.807) is 48.9 Å². The normalized spacial score (nSPS) is 16.0. The van der Waals surface area contributed by atoms with E-state index in [0.717, 1.165) is 5.56 Å². The number of fused-ring (bicyclic) bond motifs is 1. The molecular formula is C17H14N6O2. The average Bonchev–Trinajstić information content (AvgIpc) is 3.11. The highest BCUT2D eigenvalue weighted by Crippen LogP contribution is 2.25. The minimum absolute atomic E-state index is 0.162. The molecule has 1 atom stereocenters. The second kappa shape index (κ2) is 6.16. The first kappa shape index (κ1) is 15.0. The number of hydrogen-bond acceptors (Lipinski definition) is 5. The zero-order valence-electron chi connectivity index (χ0n) is 13.1. The van der Waals surface area contributed by atoms with Crippen molar-refractivity contribution >= 4 is 17.6 Å². The molecule has 3 aromatic rings. The number of benzene rings is 1. The van der Waals surface area contributed by atoms with Crippen LogP contribution in [-0.2, 0) is 4.79 Å². The van der Waals surface area contributed by atoms with Gasteiger partial charge in [0, 0.05) is 36.8 Å². The summed E-state index contributed by atoms with van der Waals surface area (Å²) in [6, 6.07) is 10.5. The third-order valence-electron chi connectivity index (χ3n) is 3.96. The molecule has 124 valence electrons. The topological polar surface area (TPSA) is 102 Å². The van der Waals surface area contributed by atoms with Crippen LogP contribution >= 0.6 is 0 Å². The van der Waals surface area contributed by atoms with E-state index in [1.165, 1.54) is 4.68 Å². The van der Waals surface area contributed by atoms with E-state index in [2.05, 4.69) is 25.7 Å². The van der Waals surface area contributed by atoms with Gasteiger partial charge in [0.2, 0.25) is 11.9 Å². The first-order valence-corrected chi connectivity index (χ1v) is 7.73. The highest BCUT2D eigenvalue weighted by atomic mass is 16.2. The average molecular weight is 334 g/mol. The summed E-state index contributed by atoms with van der Waals surface area (Å²) in [5.41, 5.74) is 1.24. The fraction of sp³-hybridized carbons (Fsp3) is 0.118. The van der Waals surface area contributed by atoms with Gasteiger partial charge in [-0.1, -0.05) is 18.2 Å². The number of amides is 2. The molecule has 4 rings (SSSR count). The number of carbonyl (C=O) groups is 2. The SMILES string of the molecule is O=C1NCC(C(=O)Nc2ccn(-c3ncccn3)n2)c2ccccc21. The summed E-state index contributed by atoms with van der Waals surface area (Å²) >= 11 is 0. The summed E-state index contributed by atoms with van der Waals surface area (Å²) in [5.74, 6) is -0.0473. The molecule has 0 fully saturated rings. The molecule has 8 nitrogen and oxygen atoms in total. The second-order valence-electron chi connectivity index (χ2n) is 5.53. The van der Waals surface area contributed by atoms with E-state index in [1.807, 2.05) is 6.07 Å². The Balaban J connectivity index is 1.55. The Morgan fingerprint density at radius 3 is 2.80 bits per heavy atom. The lowest BCUT2D eigenvalue weighted by atomic mass is 9.90. The molecule has 8 heteroatoms. The van der Waals surface area contributed by atoms with Gasteiger partial charge in [0.25, 0.3) is 5.91 Å². The number of rotatable bonds is 3. The minimum Gasteiger partial charge on any atom is -0.351 e. The van der Waals surface area contributed by atoms with Crippen LogP contribution in [0.15, 0.2) is 55.0 Å². The number of hydrogen-bond donors (Lipinski definition) is 2. The number of aromatic nitrogens is 4. The van der Waals surface area contributed by atoms with Crippen molar-refractivity contribution in [2.24, 2.45) is 0 Å². The van der Waals surface area contributed by atoms with Crippen LogP contribution < -0.4 is 10.6 Å². The fourth-order valence-corrected chi connectivity index (χ4v) is 2.77. The largest absolute Gasteiger partial charge is 0.351 e. The van der Waals surface area contributed by atoms with E-state index >= 15 is 0 Å². The number of anilines is 1. The van der Waals surface area contributed by atoms with Gasteiger partial charge in [-0.05, 0) is 17.7 Å². The molecule has 1 unspecified atom stereocenters. The molecule has 2 aromatic heterocycles. The zero-order chi connectivity index (χ0) is 17.2. The number of carbonyl (C=O) groups excluding carboxylic acids is 2. The van der Waals surface area contributed by atoms with Gasteiger partial charge >= 0.3 is 0 Å². The van der Waals surface area contributed by atoms with Gasteiger partial charge in [-0.25, -0.2) is 14.6 Å². The summed E-state index contributed by atoms with van der Waals surface area (Å²) in [5, 5.41) is 9.78.